The number of nitrogens with zero attached hydrogens (tertiary/aromatic N) is 2. The van der Waals surface area contributed by atoms with Gasteiger partial charge < -0.3 is 5.73 Å². The summed E-state index contributed by atoms with van der Waals surface area (Å²) in [4.78, 5) is 9.55. The first kappa shape index (κ1) is 17.3. The summed E-state index contributed by atoms with van der Waals surface area (Å²) >= 11 is 3.12. The Morgan fingerprint density at radius 3 is 1.78 bits per heavy atom. The van der Waals surface area contributed by atoms with E-state index in [1.165, 1.54) is 11.8 Å². The van der Waals surface area contributed by atoms with Crippen LogP contribution in [0.2, 0.25) is 0 Å². The van der Waals surface area contributed by atoms with Gasteiger partial charge in [0, 0.05) is 14.1 Å². The first-order chi connectivity index (χ1) is 8.49. The van der Waals surface area contributed by atoms with E-state index in [0.717, 1.165) is 40.7 Å². The fourth-order valence-corrected chi connectivity index (χ4v) is 2.70. The van der Waals surface area contributed by atoms with Crippen molar-refractivity contribution in [2.24, 2.45) is 15.7 Å². The Bertz CT molecular complexity index is 312. The SMILES string of the molecule is C=C(C)SC(CCCCC(=NC)SC(=C)N)=NC. The van der Waals surface area contributed by atoms with Crippen LogP contribution in [0.25, 0.3) is 0 Å². The van der Waals surface area contributed by atoms with Crippen LogP contribution in [0.1, 0.15) is 32.6 Å². The van der Waals surface area contributed by atoms with Gasteiger partial charge in [-0.15, -0.1) is 0 Å². The summed E-state index contributed by atoms with van der Waals surface area (Å²) in [5.74, 6) is 0. The number of unbranched alkanes of at least 4 members (excludes halogenated alkanes) is 1. The maximum Gasteiger partial charge on any atom is 0.0733 e. The number of nitrogens with two attached hydrogens (primary N) is 1. The van der Waals surface area contributed by atoms with Crippen molar-refractivity contribution in [2.75, 3.05) is 14.1 Å². The Kier molecular flexibility index (Phi) is 9.87. The molecule has 0 atom stereocenters. The van der Waals surface area contributed by atoms with Crippen LogP contribution in [0, 0.1) is 0 Å². The minimum Gasteiger partial charge on any atom is -0.394 e. The largest absolute Gasteiger partial charge is 0.394 e. The minimum atomic E-state index is 0.601. The van der Waals surface area contributed by atoms with Gasteiger partial charge in [-0.05, 0) is 37.5 Å². The summed E-state index contributed by atoms with van der Waals surface area (Å²) in [7, 11) is 3.62. The van der Waals surface area contributed by atoms with E-state index in [2.05, 4.69) is 23.1 Å². The molecule has 0 fully saturated rings. The molecule has 0 bridgehead atoms. The Labute approximate surface area is 119 Å². The third-order valence-electron chi connectivity index (χ3n) is 2.07. The molecule has 0 aliphatic carbocycles. The van der Waals surface area contributed by atoms with Crippen LogP contribution in [-0.4, -0.2) is 24.2 Å². The van der Waals surface area contributed by atoms with Crippen molar-refractivity contribution in [1.29, 1.82) is 0 Å². The summed E-state index contributed by atoms with van der Waals surface area (Å²) in [6.45, 7) is 9.56. The van der Waals surface area contributed by atoms with Crippen molar-refractivity contribution in [3.05, 3.63) is 23.1 Å². The first-order valence-electron chi connectivity index (χ1n) is 5.86. The van der Waals surface area contributed by atoms with E-state index in [-0.39, 0.29) is 0 Å². The predicted octanol–water partition coefficient (Wildman–Crippen LogP) is 4.03. The molecule has 0 saturated heterocycles. The zero-order chi connectivity index (χ0) is 14.0. The van der Waals surface area contributed by atoms with E-state index in [1.54, 1.807) is 18.8 Å². The molecule has 0 amide bonds. The predicted molar refractivity (Wildman–Crippen MR) is 88.5 cm³/mol. The maximum absolute atomic E-state index is 5.55. The lowest BCUT2D eigenvalue weighted by molar-refractivity contribution is 0.802. The molecular formula is C13H23N3S2. The average Bonchev–Trinajstić information content (AvgIpc) is 2.30. The molecule has 18 heavy (non-hydrogen) atoms. The molecule has 5 heteroatoms. The van der Waals surface area contributed by atoms with Crippen LogP contribution in [0.4, 0.5) is 0 Å². The van der Waals surface area contributed by atoms with E-state index in [9.17, 15) is 0 Å². The third kappa shape index (κ3) is 9.36. The van der Waals surface area contributed by atoms with Crippen LogP contribution < -0.4 is 5.73 Å². The zero-order valence-corrected chi connectivity index (χ0v) is 13.2. The molecule has 0 aromatic carbocycles. The molecule has 0 aromatic heterocycles. The maximum atomic E-state index is 5.55. The second-order valence-corrected chi connectivity index (χ2v) is 6.39. The van der Waals surface area contributed by atoms with Crippen molar-refractivity contribution >= 4 is 33.6 Å². The van der Waals surface area contributed by atoms with Crippen LogP contribution in [0.15, 0.2) is 33.1 Å². The van der Waals surface area contributed by atoms with Gasteiger partial charge in [0.15, 0.2) is 0 Å². The molecule has 0 saturated carbocycles. The molecular weight excluding hydrogens is 262 g/mol. The van der Waals surface area contributed by atoms with Gasteiger partial charge in [-0.2, -0.15) is 0 Å². The normalized spacial score (nSPS) is 12.6. The highest BCUT2D eigenvalue weighted by Gasteiger charge is 2.03. The summed E-state index contributed by atoms with van der Waals surface area (Å²) in [5, 5.41) is 2.79. The van der Waals surface area contributed by atoms with Gasteiger partial charge in [0.25, 0.3) is 0 Å². The number of hydrogen-bond donors (Lipinski definition) is 1. The second-order valence-electron chi connectivity index (χ2n) is 3.81. The van der Waals surface area contributed by atoms with Crippen molar-refractivity contribution in [1.82, 2.24) is 0 Å². The lowest BCUT2D eigenvalue weighted by Crippen LogP contribution is -1.99. The number of thioether (sulfide) groups is 2. The number of aliphatic imine (C=N–C) groups is 2. The summed E-state index contributed by atoms with van der Waals surface area (Å²) in [6.07, 6.45) is 4.14. The molecule has 0 heterocycles. The van der Waals surface area contributed by atoms with Gasteiger partial charge in [-0.25, -0.2) is 0 Å². The Hall–Kier alpha value is -0.680. The molecule has 0 aromatic rings. The summed E-state index contributed by atoms with van der Waals surface area (Å²) in [5.41, 5.74) is 5.55. The highest BCUT2D eigenvalue weighted by Crippen LogP contribution is 2.20. The lowest BCUT2D eigenvalue weighted by Gasteiger charge is -2.06. The molecule has 0 unspecified atom stereocenters. The Balaban J connectivity index is 3.91. The number of hydrogen-bond acceptors (Lipinski definition) is 5. The average molecular weight is 285 g/mol. The Morgan fingerprint density at radius 2 is 1.44 bits per heavy atom. The van der Waals surface area contributed by atoms with Gasteiger partial charge in [-0.1, -0.05) is 36.7 Å². The molecule has 0 rings (SSSR count). The molecule has 2 N–H and O–H groups in total. The molecule has 0 spiro atoms. The lowest BCUT2D eigenvalue weighted by atomic mass is 10.2. The molecule has 0 aliphatic rings. The van der Waals surface area contributed by atoms with Crippen LogP contribution in [0.3, 0.4) is 0 Å². The fraction of sp³-hybridized carbons (Fsp3) is 0.538. The van der Waals surface area contributed by atoms with Gasteiger partial charge in [0.2, 0.25) is 0 Å². The van der Waals surface area contributed by atoms with Gasteiger partial charge in [-0.3, -0.25) is 9.98 Å². The van der Waals surface area contributed by atoms with Gasteiger partial charge >= 0.3 is 0 Å². The highest BCUT2D eigenvalue weighted by molar-refractivity contribution is 8.17. The van der Waals surface area contributed by atoms with E-state index < -0.39 is 0 Å². The summed E-state index contributed by atoms with van der Waals surface area (Å²) in [6, 6.07) is 0. The first-order valence-corrected chi connectivity index (χ1v) is 7.49. The van der Waals surface area contributed by atoms with Crippen molar-refractivity contribution < 1.29 is 0 Å². The third-order valence-corrected chi connectivity index (χ3v) is 3.93. The standard InChI is InChI=1S/C13H23N3S2/c1-10(2)17-12(15-4)8-6-7-9-13(16-5)18-11(3)14/h1,3,6-9,14H2,2,4-5H3. The highest BCUT2D eigenvalue weighted by atomic mass is 32.2. The quantitative estimate of drug-likeness (QED) is 0.436. The van der Waals surface area contributed by atoms with Crippen LogP contribution in [-0.2, 0) is 0 Å². The van der Waals surface area contributed by atoms with E-state index >= 15 is 0 Å². The smallest absolute Gasteiger partial charge is 0.0733 e. The zero-order valence-electron chi connectivity index (χ0n) is 11.5. The second kappa shape index (κ2) is 10.3. The number of rotatable bonds is 7. The molecule has 3 nitrogen and oxygen atoms in total. The molecule has 0 radical (unpaired) electrons. The fourth-order valence-electron chi connectivity index (χ4n) is 1.32. The topological polar surface area (TPSA) is 50.7 Å². The van der Waals surface area contributed by atoms with Crippen molar-refractivity contribution in [3.63, 3.8) is 0 Å². The van der Waals surface area contributed by atoms with E-state index in [0.29, 0.717) is 5.03 Å². The van der Waals surface area contributed by atoms with E-state index in [1.807, 2.05) is 14.0 Å². The van der Waals surface area contributed by atoms with E-state index in [4.69, 9.17) is 5.73 Å². The summed E-state index contributed by atoms with van der Waals surface area (Å²) < 4.78 is 0. The molecule has 0 aliphatic heterocycles. The molecule has 102 valence electrons. The minimum absolute atomic E-state index is 0.601. The monoisotopic (exact) mass is 285 g/mol. The Morgan fingerprint density at radius 1 is 1.00 bits per heavy atom. The van der Waals surface area contributed by atoms with Crippen LogP contribution in [0.5, 0.6) is 0 Å². The van der Waals surface area contributed by atoms with Crippen molar-refractivity contribution in [3.8, 4) is 0 Å². The van der Waals surface area contributed by atoms with Crippen LogP contribution >= 0.6 is 23.5 Å². The number of allylic oxidation sites excluding steroid dienone is 1. The van der Waals surface area contributed by atoms with Crippen molar-refractivity contribution in [2.45, 2.75) is 32.6 Å². The van der Waals surface area contributed by atoms with Gasteiger partial charge in [0.05, 0.1) is 15.1 Å². The van der Waals surface area contributed by atoms with Gasteiger partial charge in [0.1, 0.15) is 0 Å².